The highest BCUT2D eigenvalue weighted by Gasteiger charge is 2.29. The smallest absolute Gasteiger partial charge is 0.304 e. The average molecular weight is 271 g/mol. The lowest BCUT2D eigenvalue weighted by Gasteiger charge is -2.21. The third-order valence-electron chi connectivity index (χ3n) is 3.29. The summed E-state index contributed by atoms with van der Waals surface area (Å²) in [4.78, 5) is 22.6. The predicted molar refractivity (Wildman–Crippen MR) is 72.0 cm³/mol. The first-order valence-electron chi connectivity index (χ1n) is 6.29. The van der Waals surface area contributed by atoms with Crippen LogP contribution in [0.5, 0.6) is 0 Å². The molecule has 0 radical (unpaired) electrons. The van der Waals surface area contributed by atoms with E-state index in [-0.39, 0.29) is 12.3 Å². The molecule has 1 aromatic heterocycles. The first-order chi connectivity index (χ1) is 9.63. The number of benzene rings is 1. The number of carbonyl (C=O) groups excluding carboxylic acids is 1. The fraction of sp³-hybridized carbons (Fsp3) is 0.214. The van der Waals surface area contributed by atoms with Crippen LogP contribution in [0, 0.1) is 5.92 Å². The first kappa shape index (κ1) is 12.4. The van der Waals surface area contributed by atoms with Crippen LogP contribution in [0.4, 0.5) is 5.82 Å². The molecule has 0 aliphatic carbocycles. The Labute approximate surface area is 115 Å². The number of fused-ring (bicyclic) bond motifs is 1. The third kappa shape index (κ3) is 2.27. The number of anilines is 1. The van der Waals surface area contributed by atoms with Crippen LogP contribution in [0.25, 0.3) is 11.3 Å². The van der Waals surface area contributed by atoms with Gasteiger partial charge in [0.1, 0.15) is 5.82 Å². The minimum atomic E-state index is -0.982. The van der Waals surface area contributed by atoms with Crippen molar-refractivity contribution in [1.29, 1.82) is 0 Å². The van der Waals surface area contributed by atoms with E-state index in [2.05, 4.69) is 10.4 Å². The maximum Gasteiger partial charge on any atom is 0.304 e. The van der Waals surface area contributed by atoms with Gasteiger partial charge in [0.25, 0.3) is 0 Å². The monoisotopic (exact) mass is 271 g/mol. The normalized spacial score (nSPS) is 17.4. The molecule has 20 heavy (non-hydrogen) atoms. The molecule has 2 heterocycles. The lowest BCUT2D eigenvalue weighted by molar-refractivity contribution is -0.140. The summed E-state index contributed by atoms with van der Waals surface area (Å²) in [5.74, 6) is -1.22. The molecular formula is C14H13N3O3. The van der Waals surface area contributed by atoms with E-state index in [0.29, 0.717) is 12.4 Å². The highest BCUT2D eigenvalue weighted by Crippen LogP contribution is 2.26. The van der Waals surface area contributed by atoms with Crippen molar-refractivity contribution in [2.24, 2.45) is 5.92 Å². The molecule has 1 atom stereocenters. The largest absolute Gasteiger partial charge is 0.481 e. The van der Waals surface area contributed by atoms with Gasteiger partial charge < -0.3 is 10.4 Å². The van der Waals surface area contributed by atoms with Gasteiger partial charge in [-0.3, -0.25) is 9.59 Å². The number of aliphatic carboxylic acids is 1. The van der Waals surface area contributed by atoms with Crippen molar-refractivity contribution in [3.05, 3.63) is 36.4 Å². The van der Waals surface area contributed by atoms with Crippen LogP contribution in [0.2, 0.25) is 0 Å². The van der Waals surface area contributed by atoms with Gasteiger partial charge in [0.2, 0.25) is 5.91 Å². The summed E-state index contributed by atoms with van der Waals surface area (Å²) in [6, 6.07) is 11.4. The van der Waals surface area contributed by atoms with E-state index in [9.17, 15) is 9.59 Å². The van der Waals surface area contributed by atoms with Crippen LogP contribution in [0.15, 0.2) is 36.4 Å². The van der Waals surface area contributed by atoms with E-state index < -0.39 is 11.9 Å². The first-order valence-corrected chi connectivity index (χ1v) is 6.29. The van der Waals surface area contributed by atoms with Gasteiger partial charge in [-0.1, -0.05) is 30.3 Å². The summed E-state index contributed by atoms with van der Waals surface area (Å²) in [5.41, 5.74) is 1.72. The zero-order valence-corrected chi connectivity index (χ0v) is 10.6. The van der Waals surface area contributed by atoms with E-state index in [4.69, 9.17) is 5.11 Å². The van der Waals surface area contributed by atoms with Gasteiger partial charge in [-0.05, 0) is 0 Å². The second-order valence-corrected chi connectivity index (χ2v) is 4.75. The topological polar surface area (TPSA) is 84.2 Å². The van der Waals surface area contributed by atoms with Gasteiger partial charge in [0, 0.05) is 11.6 Å². The van der Waals surface area contributed by atoms with Crippen molar-refractivity contribution < 1.29 is 14.7 Å². The summed E-state index contributed by atoms with van der Waals surface area (Å²) >= 11 is 0. The van der Waals surface area contributed by atoms with Crippen molar-refractivity contribution in [2.75, 3.05) is 5.32 Å². The summed E-state index contributed by atoms with van der Waals surface area (Å²) < 4.78 is 1.65. The van der Waals surface area contributed by atoms with Crippen molar-refractivity contribution in [3.8, 4) is 11.3 Å². The summed E-state index contributed by atoms with van der Waals surface area (Å²) in [6.45, 7) is 0.292. The second kappa shape index (κ2) is 4.80. The molecule has 0 saturated carbocycles. The Morgan fingerprint density at radius 1 is 1.40 bits per heavy atom. The van der Waals surface area contributed by atoms with E-state index in [1.165, 1.54) is 0 Å². The van der Waals surface area contributed by atoms with Gasteiger partial charge in [-0.25, -0.2) is 4.68 Å². The molecule has 1 aromatic carbocycles. The summed E-state index contributed by atoms with van der Waals surface area (Å²) in [5, 5.41) is 15.9. The molecule has 2 aromatic rings. The van der Waals surface area contributed by atoms with Crippen molar-refractivity contribution in [2.45, 2.75) is 13.0 Å². The molecule has 1 aliphatic rings. The van der Waals surface area contributed by atoms with E-state index in [1.807, 2.05) is 30.3 Å². The number of aromatic nitrogens is 2. The van der Waals surface area contributed by atoms with Crippen LogP contribution in [-0.2, 0) is 16.1 Å². The van der Waals surface area contributed by atoms with Gasteiger partial charge in [-0.15, -0.1) is 0 Å². The molecule has 3 rings (SSSR count). The number of amides is 1. The van der Waals surface area contributed by atoms with Gasteiger partial charge in [0.05, 0.1) is 24.6 Å². The second-order valence-electron chi connectivity index (χ2n) is 4.75. The Morgan fingerprint density at radius 3 is 2.85 bits per heavy atom. The molecule has 0 fully saturated rings. The Bertz CT molecular complexity index is 664. The highest BCUT2D eigenvalue weighted by atomic mass is 16.4. The number of carbonyl (C=O) groups is 2. The Kier molecular flexibility index (Phi) is 2.98. The average Bonchev–Trinajstić information content (AvgIpc) is 2.82. The van der Waals surface area contributed by atoms with Gasteiger partial charge in [-0.2, -0.15) is 5.10 Å². The zero-order valence-electron chi connectivity index (χ0n) is 10.6. The van der Waals surface area contributed by atoms with Crippen LogP contribution in [-0.4, -0.2) is 26.8 Å². The standard InChI is InChI=1S/C14H13N3O3/c18-13(19)6-10-8-17-12(15-14(10)20)7-11(16-17)9-4-2-1-3-5-9/h1-5,7,10H,6,8H2,(H,15,20)(H,18,19). The van der Waals surface area contributed by atoms with Crippen molar-refractivity contribution >= 4 is 17.7 Å². The number of carboxylic acid groups (broad SMARTS) is 1. The molecule has 2 N–H and O–H groups in total. The third-order valence-corrected chi connectivity index (χ3v) is 3.29. The maximum atomic E-state index is 11.8. The van der Waals surface area contributed by atoms with Crippen LogP contribution < -0.4 is 5.32 Å². The molecule has 102 valence electrons. The van der Waals surface area contributed by atoms with Crippen LogP contribution in [0.1, 0.15) is 6.42 Å². The molecular weight excluding hydrogens is 258 g/mol. The number of nitrogens with zero attached hydrogens (tertiary/aromatic N) is 2. The van der Waals surface area contributed by atoms with E-state index in [1.54, 1.807) is 10.7 Å². The number of hydrogen-bond acceptors (Lipinski definition) is 3. The molecule has 0 bridgehead atoms. The summed E-state index contributed by atoms with van der Waals surface area (Å²) in [7, 11) is 0. The molecule has 1 unspecified atom stereocenters. The summed E-state index contributed by atoms with van der Waals surface area (Å²) in [6.07, 6.45) is -0.189. The maximum absolute atomic E-state index is 11.8. The lowest BCUT2D eigenvalue weighted by atomic mass is 10.0. The minimum Gasteiger partial charge on any atom is -0.481 e. The number of hydrogen-bond donors (Lipinski definition) is 2. The number of carboxylic acids is 1. The Balaban J connectivity index is 1.89. The SMILES string of the molecule is O=C(O)CC1Cn2nc(-c3ccccc3)cc2NC1=O. The fourth-order valence-corrected chi connectivity index (χ4v) is 2.29. The molecule has 0 spiro atoms. The van der Waals surface area contributed by atoms with E-state index in [0.717, 1.165) is 11.3 Å². The molecule has 6 nitrogen and oxygen atoms in total. The lowest BCUT2D eigenvalue weighted by Crippen LogP contribution is -2.34. The van der Waals surface area contributed by atoms with E-state index >= 15 is 0 Å². The van der Waals surface area contributed by atoms with Gasteiger partial charge >= 0.3 is 5.97 Å². The van der Waals surface area contributed by atoms with Crippen LogP contribution >= 0.6 is 0 Å². The Hall–Kier alpha value is -2.63. The van der Waals surface area contributed by atoms with Crippen LogP contribution in [0.3, 0.4) is 0 Å². The minimum absolute atomic E-state index is 0.189. The van der Waals surface area contributed by atoms with Gasteiger partial charge in [0.15, 0.2) is 0 Å². The number of nitrogens with one attached hydrogen (secondary N) is 1. The fourth-order valence-electron chi connectivity index (χ4n) is 2.29. The van der Waals surface area contributed by atoms with Crippen molar-refractivity contribution in [1.82, 2.24) is 9.78 Å². The quantitative estimate of drug-likeness (QED) is 0.888. The highest BCUT2D eigenvalue weighted by molar-refractivity contribution is 5.95. The molecule has 1 aliphatic heterocycles. The predicted octanol–water partition coefficient (Wildman–Crippen LogP) is 1.59. The zero-order chi connectivity index (χ0) is 14.1. The molecule has 0 saturated heterocycles. The Morgan fingerprint density at radius 2 is 2.15 bits per heavy atom. The van der Waals surface area contributed by atoms with Crippen molar-refractivity contribution in [3.63, 3.8) is 0 Å². The molecule has 1 amide bonds. The molecule has 6 heteroatoms. The number of rotatable bonds is 3.